The summed E-state index contributed by atoms with van der Waals surface area (Å²) in [4.78, 5) is 12.4. The van der Waals surface area contributed by atoms with E-state index in [1.54, 1.807) is 0 Å². The van der Waals surface area contributed by atoms with Crippen molar-refractivity contribution >= 4 is 5.78 Å². The molecule has 0 saturated heterocycles. The third kappa shape index (κ3) is 3.96. The van der Waals surface area contributed by atoms with Crippen molar-refractivity contribution in [1.29, 1.82) is 0 Å². The smallest absolute Gasteiger partial charge is 0.299 e. The molecule has 0 aromatic carbocycles. The van der Waals surface area contributed by atoms with Gasteiger partial charge in [0.25, 0.3) is 0 Å². The molecule has 0 aromatic heterocycles. The maximum absolute atomic E-state index is 12.8. The molecule has 0 aliphatic heterocycles. The van der Waals surface area contributed by atoms with Crippen LogP contribution in [0.2, 0.25) is 0 Å². The van der Waals surface area contributed by atoms with Gasteiger partial charge in [-0.25, -0.2) is 0 Å². The first-order chi connectivity index (χ1) is 8.98. The lowest BCUT2D eigenvalue weighted by Crippen LogP contribution is -2.34. The van der Waals surface area contributed by atoms with Gasteiger partial charge in [0.2, 0.25) is 0 Å². The molecule has 110 valence electrons. The van der Waals surface area contributed by atoms with E-state index in [-0.39, 0.29) is 30.5 Å². The van der Waals surface area contributed by atoms with Gasteiger partial charge in [0.05, 0.1) is 5.92 Å². The Hall–Kier alpha value is -0.540. The number of ketones is 1. The average molecular weight is 276 g/mol. The Bertz CT molecular complexity index is 303. The number of hydrogen-bond donors (Lipinski definition) is 0. The van der Waals surface area contributed by atoms with Crippen LogP contribution < -0.4 is 0 Å². The van der Waals surface area contributed by atoms with Crippen LogP contribution in [0.15, 0.2) is 0 Å². The van der Waals surface area contributed by atoms with E-state index in [0.29, 0.717) is 12.8 Å². The highest BCUT2D eigenvalue weighted by molar-refractivity contribution is 5.83. The van der Waals surface area contributed by atoms with Gasteiger partial charge >= 0.3 is 6.18 Å². The molecule has 2 fully saturated rings. The van der Waals surface area contributed by atoms with E-state index in [1.165, 1.54) is 12.8 Å². The normalized spacial score (nSPS) is 30.9. The molecular weight excluding hydrogens is 253 g/mol. The van der Waals surface area contributed by atoms with Crippen LogP contribution in [0.5, 0.6) is 0 Å². The summed E-state index contributed by atoms with van der Waals surface area (Å²) in [5.74, 6) is -1.40. The highest BCUT2D eigenvalue weighted by atomic mass is 19.4. The Morgan fingerprint density at radius 2 is 1.37 bits per heavy atom. The molecule has 0 amide bonds. The van der Waals surface area contributed by atoms with Gasteiger partial charge in [-0.1, -0.05) is 32.1 Å². The first kappa shape index (κ1) is 14.9. The standard InChI is InChI=1S/C15H23F3O/c16-15(17,18)13-9-5-8-12(10-13)14(19)11-6-3-1-2-4-7-11/h11-13H,1-10H2. The van der Waals surface area contributed by atoms with Gasteiger partial charge in [-0.3, -0.25) is 4.79 Å². The quantitative estimate of drug-likeness (QED) is 0.656. The fourth-order valence-electron chi connectivity index (χ4n) is 3.64. The topological polar surface area (TPSA) is 17.1 Å². The van der Waals surface area contributed by atoms with E-state index >= 15 is 0 Å². The van der Waals surface area contributed by atoms with E-state index in [0.717, 1.165) is 25.7 Å². The predicted octanol–water partition coefficient (Wildman–Crippen LogP) is 4.89. The molecule has 0 bridgehead atoms. The van der Waals surface area contributed by atoms with Gasteiger partial charge in [0.1, 0.15) is 5.78 Å². The number of halogens is 3. The molecule has 19 heavy (non-hydrogen) atoms. The molecule has 2 unspecified atom stereocenters. The van der Waals surface area contributed by atoms with Gasteiger partial charge in [0, 0.05) is 11.8 Å². The molecule has 0 aromatic rings. The number of carbonyl (C=O) groups is 1. The SMILES string of the molecule is O=C(C1CCCCCC1)C1CCCC(C(F)(F)F)C1. The van der Waals surface area contributed by atoms with Crippen LogP contribution in [0.3, 0.4) is 0 Å². The van der Waals surface area contributed by atoms with Gasteiger partial charge in [0.15, 0.2) is 0 Å². The molecule has 2 saturated carbocycles. The zero-order valence-corrected chi connectivity index (χ0v) is 11.3. The monoisotopic (exact) mass is 276 g/mol. The molecule has 0 heterocycles. The highest BCUT2D eigenvalue weighted by Gasteiger charge is 2.44. The highest BCUT2D eigenvalue weighted by Crippen LogP contribution is 2.41. The molecular formula is C15H23F3O. The fourth-order valence-corrected chi connectivity index (χ4v) is 3.64. The molecule has 2 atom stereocenters. The number of hydrogen-bond acceptors (Lipinski definition) is 1. The van der Waals surface area contributed by atoms with E-state index in [9.17, 15) is 18.0 Å². The van der Waals surface area contributed by atoms with Crippen LogP contribution >= 0.6 is 0 Å². The van der Waals surface area contributed by atoms with E-state index < -0.39 is 12.1 Å². The van der Waals surface area contributed by atoms with Crippen molar-refractivity contribution in [3.8, 4) is 0 Å². The summed E-state index contributed by atoms with van der Waals surface area (Å²) in [6.07, 6.45) is 3.59. The van der Waals surface area contributed by atoms with Crippen molar-refractivity contribution < 1.29 is 18.0 Å². The summed E-state index contributed by atoms with van der Waals surface area (Å²) in [7, 11) is 0. The van der Waals surface area contributed by atoms with Crippen LogP contribution in [-0.4, -0.2) is 12.0 Å². The molecule has 2 aliphatic rings. The second kappa shape index (κ2) is 6.27. The predicted molar refractivity (Wildman–Crippen MR) is 67.7 cm³/mol. The number of Topliss-reactive ketones (excluding diaryl/α,β-unsaturated/α-hetero) is 1. The first-order valence-electron chi connectivity index (χ1n) is 7.59. The lowest BCUT2D eigenvalue weighted by Gasteiger charge is -2.31. The van der Waals surface area contributed by atoms with Crippen LogP contribution in [-0.2, 0) is 4.79 Å². The molecule has 0 spiro atoms. The first-order valence-corrected chi connectivity index (χ1v) is 7.59. The van der Waals surface area contributed by atoms with Crippen LogP contribution in [0.4, 0.5) is 13.2 Å². The second-order valence-corrected chi connectivity index (χ2v) is 6.19. The van der Waals surface area contributed by atoms with Crippen LogP contribution in [0, 0.1) is 17.8 Å². The summed E-state index contributed by atoms with van der Waals surface area (Å²) < 4.78 is 38.3. The van der Waals surface area contributed by atoms with Crippen molar-refractivity contribution in [3.63, 3.8) is 0 Å². The number of rotatable bonds is 2. The number of alkyl halides is 3. The summed E-state index contributed by atoms with van der Waals surface area (Å²) in [5.41, 5.74) is 0. The largest absolute Gasteiger partial charge is 0.391 e. The third-order valence-corrected chi connectivity index (χ3v) is 4.80. The maximum Gasteiger partial charge on any atom is 0.391 e. The van der Waals surface area contributed by atoms with Crippen LogP contribution in [0.25, 0.3) is 0 Å². The Balaban J connectivity index is 1.94. The van der Waals surface area contributed by atoms with E-state index in [1.807, 2.05) is 0 Å². The van der Waals surface area contributed by atoms with Gasteiger partial charge < -0.3 is 0 Å². The number of carbonyl (C=O) groups excluding carboxylic acids is 1. The summed E-state index contributed by atoms with van der Waals surface area (Å²) in [6, 6.07) is 0. The van der Waals surface area contributed by atoms with Crippen molar-refractivity contribution in [2.45, 2.75) is 70.4 Å². The van der Waals surface area contributed by atoms with Gasteiger partial charge in [-0.05, 0) is 32.1 Å². The molecule has 1 nitrogen and oxygen atoms in total. The Kier molecular flexibility index (Phi) is 4.91. The molecule has 2 rings (SSSR count). The van der Waals surface area contributed by atoms with Gasteiger partial charge in [-0.15, -0.1) is 0 Å². The zero-order valence-electron chi connectivity index (χ0n) is 11.3. The van der Waals surface area contributed by atoms with Crippen LogP contribution in [0.1, 0.15) is 64.2 Å². The van der Waals surface area contributed by atoms with E-state index in [2.05, 4.69) is 0 Å². The van der Waals surface area contributed by atoms with E-state index in [4.69, 9.17) is 0 Å². The molecule has 2 aliphatic carbocycles. The van der Waals surface area contributed by atoms with Crippen molar-refractivity contribution in [1.82, 2.24) is 0 Å². The minimum Gasteiger partial charge on any atom is -0.299 e. The molecule has 4 heteroatoms. The Labute approximate surface area is 112 Å². The summed E-state index contributed by atoms with van der Waals surface area (Å²) >= 11 is 0. The lowest BCUT2D eigenvalue weighted by molar-refractivity contribution is -0.186. The van der Waals surface area contributed by atoms with Crippen molar-refractivity contribution in [2.75, 3.05) is 0 Å². The fraction of sp³-hybridized carbons (Fsp3) is 0.933. The second-order valence-electron chi connectivity index (χ2n) is 6.19. The Morgan fingerprint density at radius 1 is 0.789 bits per heavy atom. The Morgan fingerprint density at radius 3 is 1.95 bits per heavy atom. The zero-order chi connectivity index (χ0) is 13.9. The minimum absolute atomic E-state index is 0.0405. The van der Waals surface area contributed by atoms with Crippen molar-refractivity contribution in [2.24, 2.45) is 17.8 Å². The third-order valence-electron chi connectivity index (χ3n) is 4.80. The maximum atomic E-state index is 12.8. The van der Waals surface area contributed by atoms with Crippen molar-refractivity contribution in [3.05, 3.63) is 0 Å². The molecule has 0 N–H and O–H groups in total. The van der Waals surface area contributed by atoms with Gasteiger partial charge in [-0.2, -0.15) is 13.2 Å². The lowest BCUT2D eigenvalue weighted by atomic mass is 9.75. The summed E-state index contributed by atoms with van der Waals surface area (Å²) in [6.45, 7) is 0. The average Bonchev–Trinajstić information content (AvgIpc) is 2.66. The minimum atomic E-state index is -4.12. The molecule has 0 radical (unpaired) electrons. The summed E-state index contributed by atoms with van der Waals surface area (Å²) in [5, 5.41) is 0.